The lowest BCUT2D eigenvalue weighted by Gasteiger charge is -2.30. The fourth-order valence-electron chi connectivity index (χ4n) is 4.66. The smallest absolute Gasteiger partial charge is 0.166 e. The van der Waals surface area contributed by atoms with Crippen LogP contribution in [0.15, 0.2) is 17.9 Å². The number of fused-ring (bicyclic) bond motifs is 3. The van der Waals surface area contributed by atoms with Crippen LogP contribution in [0, 0.1) is 18.3 Å². The number of ether oxygens (including phenoxy) is 1. The Kier molecular flexibility index (Phi) is 3.12. The predicted octanol–water partition coefficient (Wildman–Crippen LogP) is 4.40. The van der Waals surface area contributed by atoms with Gasteiger partial charge < -0.3 is 4.74 Å². The van der Waals surface area contributed by atoms with Crippen molar-refractivity contribution in [2.75, 3.05) is 0 Å². The van der Waals surface area contributed by atoms with E-state index in [-0.39, 0.29) is 11.6 Å². The summed E-state index contributed by atoms with van der Waals surface area (Å²) < 4.78 is 6.17. The van der Waals surface area contributed by atoms with Crippen LogP contribution in [-0.2, 0) is 11.2 Å². The maximum atomic E-state index is 12.7. The molecule has 0 bridgehead atoms. The third-order valence-electron chi connectivity index (χ3n) is 5.69. The first kappa shape index (κ1) is 15.3. The van der Waals surface area contributed by atoms with Crippen molar-refractivity contribution < 1.29 is 14.3 Å². The first-order valence-electron chi connectivity index (χ1n) is 9.11. The molecule has 0 saturated heterocycles. The van der Waals surface area contributed by atoms with Crippen molar-refractivity contribution in [3.05, 3.63) is 45.7 Å². The summed E-state index contributed by atoms with van der Waals surface area (Å²) in [6, 6.07) is 6.27. The Morgan fingerprint density at radius 3 is 2.62 bits per heavy atom. The van der Waals surface area contributed by atoms with Crippen molar-refractivity contribution in [1.82, 2.24) is 0 Å². The van der Waals surface area contributed by atoms with Gasteiger partial charge in [-0.3, -0.25) is 9.59 Å². The molecule has 4 nitrogen and oxygen atoms in total. The lowest BCUT2D eigenvalue weighted by atomic mass is 9.78. The highest BCUT2D eigenvalue weighted by atomic mass is 16.5. The molecule has 0 aromatic heterocycles. The van der Waals surface area contributed by atoms with E-state index in [1.165, 1.54) is 0 Å². The maximum Gasteiger partial charge on any atom is 0.166 e. The molecule has 2 aromatic carbocycles. The second-order valence-electron chi connectivity index (χ2n) is 7.36. The molecule has 1 aliphatic heterocycles. The van der Waals surface area contributed by atoms with Gasteiger partial charge in [-0.15, -0.1) is 0 Å². The molecule has 0 saturated carbocycles. The lowest BCUT2D eigenvalue weighted by Crippen LogP contribution is -2.21. The van der Waals surface area contributed by atoms with Crippen LogP contribution in [0.4, 0.5) is 0 Å². The standard InChI is InChI=1S/C22H17NO3/c1-11-8-13-19-12(4-2-5-16(19)24)15(10-23)22-20(13)14(9-11)21-17(25)6-3-7-18(21)26-22/h8-9H,2-7H2,1H3. The highest BCUT2D eigenvalue weighted by Gasteiger charge is 2.35. The number of nitrogens with zero attached hydrogens (tertiary/aromatic N) is 1. The van der Waals surface area contributed by atoms with E-state index >= 15 is 0 Å². The largest absolute Gasteiger partial charge is 0.459 e. The summed E-state index contributed by atoms with van der Waals surface area (Å²) in [5.41, 5.74) is 4.43. The molecule has 0 spiro atoms. The average molecular weight is 343 g/mol. The average Bonchev–Trinajstić information content (AvgIpc) is 2.61. The number of benzene rings is 2. The van der Waals surface area contributed by atoms with Gasteiger partial charge in [-0.05, 0) is 42.7 Å². The molecule has 2 aliphatic carbocycles. The number of hydrogen-bond donors (Lipinski definition) is 0. The summed E-state index contributed by atoms with van der Waals surface area (Å²) in [6.07, 6.45) is 3.97. The van der Waals surface area contributed by atoms with E-state index in [0.29, 0.717) is 53.9 Å². The zero-order chi connectivity index (χ0) is 18.0. The van der Waals surface area contributed by atoms with Crippen LogP contribution in [0.5, 0.6) is 5.75 Å². The van der Waals surface area contributed by atoms with Gasteiger partial charge in [0.1, 0.15) is 11.8 Å². The Hall–Kier alpha value is -2.93. The van der Waals surface area contributed by atoms with Crippen molar-refractivity contribution in [2.45, 2.75) is 45.4 Å². The molecular formula is C22H17NO3. The maximum absolute atomic E-state index is 12.7. The van der Waals surface area contributed by atoms with E-state index in [1.54, 1.807) is 0 Å². The zero-order valence-electron chi connectivity index (χ0n) is 14.6. The number of carbonyl (C=O) groups is 2. The Balaban J connectivity index is 1.99. The van der Waals surface area contributed by atoms with Crippen LogP contribution in [-0.4, -0.2) is 11.6 Å². The molecule has 1 heterocycles. The zero-order valence-corrected chi connectivity index (χ0v) is 14.6. The summed E-state index contributed by atoms with van der Waals surface area (Å²) >= 11 is 0. The molecule has 0 unspecified atom stereocenters. The predicted molar refractivity (Wildman–Crippen MR) is 97.1 cm³/mol. The minimum absolute atomic E-state index is 0.0839. The van der Waals surface area contributed by atoms with Crippen LogP contribution in [0.3, 0.4) is 0 Å². The minimum atomic E-state index is 0.0839. The summed E-state index contributed by atoms with van der Waals surface area (Å²) in [4.78, 5) is 25.4. The topological polar surface area (TPSA) is 67.2 Å². The Bertz CT molecular complexity index is 1110. The molecule has 26 heavy (non-hydrogen) atoms. The lowest BCUT2D eigenvalue weighted by molar-refractivity contribution is -0.114. The van der Waals surface area contributed by atoms with Gasteiger partial charge in [-0.1, -0.05) is 12.1 Å². The van der Waals surface area contributed by atoms with Crippen LogP contribution < -0.4 is 4.74 Å². The molecule has 0 fully saturated rings. The minimum Gasteiger partial charge on any atom is -0.459 e. The van der Waals surface area contributed by atoms with E-state index in [4.69, 9.17) is 4.74 Å². The van der Waals surface area contributed by atoms with Gasteiger partial charge >= 0.3 is 0 Å². The number of Topliss-reactive ketones (excluding diaryl/α,β-unsaturated/α-hetero) is 2. The molecule has 128 valence electrons. The number of ketones is 2. The fraction of sp³-hybridized carbons (Fsp3) is 0.318. The first-order valence-corrected chi connectivity index (χ1v) is 9.11. The van der Waals surface area contributed by atoms with Gasteiger partial charge in [0, 0.05) is 35.8 Å². The monoisotopic (exact) mass is 343 g/mol. The molecule has 2 aromatic rings. The first-order chi connectivity index (χ1) is 12.6. The third-order valence-corrected chi connectivity index (χ3v) is 5.69. The third kappa shape index (κ3) is 1.89. The van der Waals surface area contributed by atoms with Gasteiger partial charge in [0.05, 0.1) is 11.1 Å². The molecule has 0 N–H and O–H groups in total. The van der Waals surface area contributed by atoms with Gasteiger partial charge in [0.25, 0.3) is 0 Å². The van der Waals surface area contributed by atoms with Gasteiger partial charge in [-0.25, -0.2) is 0 Å². The number of aryl methyl sites for hydroxylation is 1. The SMILES string of the molecule is Cc1cc2c3c(c(C#N)c4c(c3c1)C(=O)CCC4)OC1=C2C(=O)CCC1. The summed E-state index contributed by atoms with van der Waals surface area (Å²) in [6.45, 7) is 1.98. The fourth-order valence-corrected chi connectivity index (χ4v) is 4.66. The van der Waals surface area contributed by atoms with Crippen molar-refractivity contribution >= 4 is 27.9 Å². The van der Waals surface area contributed by atoms with Crippen LogP contribution in [0.2, 0.25) is 0 Å². The second-order valence-corrected chi connectivity index (χ2v) is 7.36. The van der Waals surface area contributed by atoms with E-state index in [0.717, 1.165) is 40.3 Å². The number of hydrogen-bond acceptors (Lipinski definition) is 4. The van der Waals surface area contributed by atoms with E-state index in [1.807, 2.05) is 19.1 Å². The number of nitriles is 1. The second kappa shape index (κ2) is 5.28. The number of rotatable bonds is 0. The van der Waals surface area contributed by atoms with E-state index in [2.05, 4.69) is 6.07 Å². The van der Waals surface area contributed by atoms with Gasteiger partial charge in [0.15, 0.2) is 17.3 Å². The highest BCUT2D eigenvalue weighted by molar-refractivity contribution is 6.27. The normalized spacial score (nSPS) is 18.3. The summed E-state index contributed by atoms with van der Waals surface area (Å²) in [5.74, 6) is 1.39. The highest BCUT2D eigenvalue weighted by Crippen LogP contribution is 2.48. The van der Waals surface area contributed by atoms with Gasteiger partial charge in [0.2, 0.25) is 0 Å². The van der Waals surface area contributed by atoms with Crippen molar-refractivity contribution in [3.8, 4) is 11.8 Å². The summed E-state index contributed by atoms with van der Waals surface area (Å²) in [5, 5.41) is 11.4. The van der Waals surface area contributed by atoms with Crippen LogP contribution in [0.1, 0.15) is 64.7 Å². The van der Waals surface area contributed by atoms with Crippen molar-refractivity contribution in [1.29, 1.82) is 5.26 Å². The van der Waals surface area contributed by atoms with E-state index < -0.39 is 0 Å². The Morgan fingerprint density at radius 1 is 1.04 bits per heavy atom. The van der Waals surface area contributed by atoms with E-state index in [9.17, 15) is 14.9 Å². The number of carbonyl (C=O) groups excluding carboxylic acids is 2. The van der Waals surface area contributed by atoms with Crippen molar-refractivity contribution in [3.63, 3.8) is 0 Å². The molecule has 5 rings (SSSR count). The molecule has 3 aliphatic rings. The Labute approximate surface area is 151 Å². The number of allylic oxidation sites excluding steroid dienone is 2. The molecule has 0 radical (unpaired) electrons. The van der Waals surface area contributed by atoms with Gasteiger partial charge in [-0.2, -0.15) is 5.26 Å². The quantitative estimate of drug-likeness (QED) is 0.711. The Morgan fingerprint density at radius 2 is 1.81 bits per heavy atom. The molecule has 4 heteroatoms. The van der Waals surface area contributed by atoms with Crippen molar-refractivity contribution in [2.24, 2.45) is 0 Å². The van der Waals surface area contributed by atoms with Crippen LogP contribution >= 0.6 is 0 Å². The molecule has 0 amide bonds. The summed E-state index contributed by atoms with van der Waals surface area (Å²) in [7, 11) is 0. The molecular weight excluding hydrogens is 326 g/mol. The molecule has 0 atom stereocenters. The van der Waals surface area contributed by atoms with Crippen LogP contribution in [0.25, 0.3) is 16.3 Å².